The normalized spacial score (nSPS) is 33.9. The molecule has 1 heterocycles. The maximum absolute atomic E-state index is 5.37. The number of hydrogen-bond acceptors (Lipinski definition) is 3. The Hall–Kier alpha value is 0.790. The molecule has 0 radical (unpaired) electrons. The summed E-state index contributed by atoms with van der Waals surface area (Å²) >= 11 is 9.36. The van der Waals surface area contributed by atoms with E-state index in [9.17, 15) is 0 Å². The topological polar surface area (TPSA) is 0 Å². The Labute approximate surface area is 114 Å². The second-order valence-electron chi connectivity index (χ2n) is 4.97. The van der Waals surface area contributed by atoms with Crippen molar-refractivity contribution in [1.82, 2.24) is 0 Å². The van der Waals surface area contributed by atoms with Crippen LogP contribution in [0.3, 0.4) is 0 Å². The van der Waals surface area contributed by atoms with Crippen LogP contribution in [0.1, 0.15) is 64.2 Å². The third-order valence-corrected chi connectivity index (χ3v) is 7.08. The third kappa shape index (κ3) is 4.23. The summed E-state index contributed by atoms with van der Waals surface area (Å²) in [6.45, 7) is 0. The summed E-state index contributed by atoms with van der Waals surface area (Å²) in [5, 5.41) is 1.69. The van der Waals surface area contributed by atoms with Crippen molar-refractivity contribution >= 4 is 39.3 Å². The molecular formula is C13H22S3. The van der Waals surface area contributed by atoms with Gasteiger partial charge in [0.1, 0.15) is 3.53 Å². The molecule has 3 heteroatoms. The second-order valence-corrected chi connectivity index (χ2v) is 8.65. The lowest BCUT2D eigenvalue weighted by atomic mass is 10.0. The summed E-state index contributed by atoms with van der Waals surface area (Å²) in [5.74, 6) is 0. The van der Waals surface area contributed by atoms with Gasteiger partial charge in [0.05, 0.1) is 0 Å². The Kier molecular flexibility index (Phi) is 6.01. The lowest BCUT2D eigenvalue weighted by Gasteiger charge is -2.17. The number of thiocarbonyl (C=S) groups is 1. The predicted octanol–water partition coefficient (Wildman–Crippen LogP) is 5.40. The number of hydrogen-bond donors (Lipinski definition) is 0. The van der Waals surface area contributed by atoms with E-state index < -0.39 is 0 Å². The maximum atomic E-state index is 5.37. The van der Waals surface area contributed by atoms with Gasteiger partial charge >= 0.3 is 0 Å². The van der Waals surface area contributed by atoms with Gasteiger partial charge in [0.15, 0.2) is 0 Å². The van der Waals surface area contributed by atoms with E-state index in [0.717, 1.165) is 10.5 Å². The standard InChI is InChI=1S/C13H22S3/c14-13-15-11-9-7-5-3-1-2-4-6-8-10-12(11)16-13/h11-12H,1-10H2. The van der Waals surface area contributed by atoms with E-state index >= 15 is 0 Å². The highest BCUT2D eigenvalue weighted by atomic mass is 32.2. The average Bonchev–Trinajstić information content (AvgIpc) is 2.59. The second kappa shape index (κ2) is 7.27. The molecule has 0 N–H and O–H groups in total. The Balaban J connectivity index is 1.83. The van der Waals surface area contributed by atoms with E-state index in [1.54, 1.807) is 0 Å². The first kappa shape index (κ1) is 13.2. The van der Waals surface area contributed by atoms with Crippen molar-refractivity contribution in [3.8, 4) is 0 Å². The molecule has 2 rings (SSSR count). The zero-order chi connectivity index (χ0) is 11.2. The first-order valence-electron chi connectivity index (χ1n) is 6.73. The molecule has 1 saturated carbocycles. The van der Waals surface area contributed by atoms with Gasteiger partial charge in [-0.3, -0.25) is 0 Å². The smallest absolute Gasteiger partial charge is 0.103 e. The molecule has 2 fully saturated rings. The van der Waals surface area contributed by atoms with Gasteiger partial charge in [-0.2, -0.15) is 0 Å². The van der Waals surface area contributed by atoms with E-state index in [0.29, 0.717) is 0 Å². The number of thioether (sulfide) groups is 2. The van der Waals surface area contributed by atoms with Crippen molar-refractivity contribution in [3.05, 3.63) is 0 Å². The molecule has 2 aliphatic rings. The first-order valence-corrected chi connectivity index (χ1v) is 8.90. The monoisotopic (exact) mass is 274 g/mol. The SMILES string of the molecule is S=C1SC2CCCCCCCCCCC2S1. The molecule has 0 aromatic carbocycles. The zero-order valence-electron chi connectivity index (χ0n) is 9.95. The summed E-state index contributed by atoms with van der Waals surface area (Å²) < 4.78 is 1.21. The Morgan fingerprint density at radius 2 is 1.06 bits per heavy atom. The first-order chi connectivity index (χ1) is 7.86. The molecule has 2 unspecified atom stereocenters. The molecule has 92 valence electrons. The van der Waals surface area contributed by atoms with Crippen LogP contribution in [0.25, 0.3) is 0 Å². The molecule has 1 aliphatic heterocycles. The molecule has 0 spiro atoms. The van der Waals surface area contributed by atoms with Crippen molar-refractivity contribution < 1.29 is 0 Å². The fraction of sp³-hybridized carbons (Fsp3) is 0.923. The van der Waals surface area contributed by atoms with E-state index in [2.05, 4.69) is 0 Å². The van der Waals surface area contributed by atoms with Crippen LogP contribution in [0.4, 0.5) is 0 Å². The zero-order valence-corrected chi connectivity index (χ0v) is 12.4. The van der Waals surface area contributed by atoms with E-state index in [-0.39, 0.29) is 0 Å². The third-order valence-electron chi connectivity index (χ3n) is 3.64. The number of rotatable bonds is 0. The molecular weight excluding hydrogens is 252 g/mol. The molecule has 0 bridgehead atoms. The van der Waals surface area contributed by atoms with Crippen LogP contribution in [0, 0.1) is 0 Å². The van der Waals surface area contributed by atoms with Crippen LogP contribution < -0.4 is 0 Å². The largest absolute Gasteiger partial charge is 0.104 e. The van der Waals surface area contributed by atoms with Gasteiger partial charge in [-0.05, 0) is 12.8 Å². The summed E-state index contributed by atoms with van der Waals surface area (Å²) in [6, 6.07) is 0. The van der Waals surface area contributed by atoms with Crippen LogP contribution in [-0.4, -0.2) is 14.0 Å². The predicted molar refractivity (Wildman–Crippen MR) is 81.5 cm³/mol. The Morgan fingerprint density at radius 3 is 1.50 bits per heavy atom. The van der Waals surface area contributed by atoms with Crippen molar-refractivity contribution in [1.29, 1.82) is 0 Å². The van der Waals surface area contributed by atoms with Gasteiger partial charge in [-0.1, -0.05) is 63.6 Å². The highest BCUT2D eigenvalue weighted by molar-refractivity contribution is 8.49. The molecule has 0 amide bonds. The summed E-state index contributed by atoms with van der Waals surface area (Å²) in [4.78, 5) is 0. The lowest BCUT2D eigenvalue weighted by molar-refractivity contribution is 0.517. The minimum Gasteiger partial charge on any atom is -0.103 e. The lowest BCUT2D eigenvalue weighted by Crippen LogP contribution is -2.15. The van der Waals surface area contributed by atoms with Crippen LogP contribution in [-0.2, 0) is 0 Å². The van der Waals surface area contributed by atoms with Gasteiger partial charge in [0.2, 0.25) is 0 Å². The molecule has 1 saturated heterocycles. The highest BCUT2D eigenvalue weighted by Gasteiger charge is 2.31. The molecule has 16 heavy (non-hydrogen) atoms. The van der Waals surface area contributed by atoms with Crippen LogP contribution in [0.2, 0.25) is 0 Å². The van der Waals surface area contributed by atoms with E-state index in [4.69, 9.17) is 12.2 Å². The van der Waals surface area contributed by atoms with Crippen molar-refractivity contribution in [2.45, 2.75) is 74.7 Å². The van der Waals surface area contributed by atoms with E-state index in [1.165, 1.54) is 67.7 Å². The van der Waals surface area contributed by atoms with Gasteiger partial charge in [0, 0.05) is 10.5 Å². The van der Waals surface area contributed by atoms with Crippen molar-refractivity contribution in [2.75, 3.05) is 0 Å². The minimum absolute atomic E-state index is 0.844. The molecule has 0 nitrogen and oxygen atoms in total. The fourth-order valence-corrected chi connectivity index (χ4v) is 6.35. The maximum Gasteiger partial charge on any atom is 0.104 e. The van der Waals surface area contributed by atoms with E-state index in [1.807, 2.05) is 23.5 Å². The van der Waals surface area contributed by atoms with Crippen molar-refractivity contribution in [2.24, 2.45) is 0 Å². The Morgan fingerprint density at radius 1 is 0.688 bits per heavy atom. The van der Waals surface area contributed by atoms with Crippen molar-refractivity contribution in [3.63, 3.8) is 0 Å². The van der Waals surface area contributed by atoms with Gasteiger partial charge in [0.25, 0.3) is 0 Å². The van der Waals surface area contributed by atoms with Crippen LogP contribution >= 0.6 is 35.7 Å². The summed E-state index contributed by atoms with van der Waals surface area (Å²) in [6.07, 6.45) is 14.4. The average molecular weight is 275 g/mol. The summed E-state index contributed by atoms with van der Waals surface area (Å²) in [5.41, 5.74) is 0. The van der Waals surface area contributed by atoms with Gasteiger partial charge in [-0.15, -0.1) is 23.5 Å². The minimum atomic E-state index is 0.844. The highest BCUT2D eigenvalue weighted by Crippen LogP contribution is 2.44. The molecule has 2 atom stereocenters. The molecule has 0 aromatic rings. The molecule has 1 aliphatic carbocycles. The van der Waals surface area contributed by atoms with Gasteiger partial charge in [-0.25, -0.2) is 0 Å². The van der Waals surface area contributed by atoms with Gasteiger partial charge < -0.3 is 0 Å². The number of fused-ring (bicyclic) bond motifs is 1. The fourth-order valence-electron chi connectivity index (χ4n) is 2.67. The quantitative estimate of drug-likeness (QED) is 0.543. The van der Waals surface area contributed by atoms with Crippen LogP contribution in [0.15, 0.2) is 0 Å². The van der Waals surface area contributed by atoms with Crippen LogP contribution in [0.5, 0.6) is 0 Å². The summed E-state index contributed by atoms with van der Waals surface area (Å²) in [7, 11) is 0. The molecule has 0 aromatic heterocycles. The Bertz CT molecular complexity index is 205.